The molecule has 0 spiro atoms. The van der Waals surface area contributed by atoms with Crippen LogP contribution in [0.2, 0.25) is 0 Å². The van der Waals surface area contributed by atoms with Gasteiger partial charge in [0.15, 0.2) is 0 Å². The maximum Gasteiger partial charge on any atom is 0.133 e. The van der Waals surface area contributed by atoms with Crippen molar-refractivity contribution in [1.82, 2.24) is 0 Å². The third-order valence-electron chi connectivity index (χ3n) is 1.45. The van der Waals surface area contributed by atoms with Crippen molar-refractivity contribution < 1.29 is 0 Å². The Hall–Kier alpha value is -0.160. The molecule has 2 heteroatoms. The van der Waals surface area contributed by atoms with Crippen molar-refractivity contribution in [2.24, 2.45) is 0 Å². The average Bonchev–Trinajstić information content (AvgIpc) is 1.84. The molecule has 0 unspecified atom stereocenters. The van der Waals surface area contributed by atoms with Crippen LogP contribution >= 0.6 is 11.8 Å². The summed E-state index contributed by atoms with van der Waals surface area (Å²) < 4.78 is 0.158. The minimum Gasteiger partial charge on any atom is -0.185 e. The topological polar surface area (TPSA) is 23.8 Å². The first-order valence-electron chi connectivity index (χ1n) is 3.69. The van der Waals surface area contributed by atoms with Crippen LogP contribution in [-0.4, -0.2) is 4.75 Å². The number of rotatable bonds is 4. The van der Waals surface area contributed by atoms with E-state index in [4.69, 9.17) is 5.26 Å². The lowest BCUT2D eigenvalue weighted by Crippen LogP contribution is -2.12. The summed E-state index contributed by atoms with van der Waals surface area (Å²) in [7, 11) is 0. The highest BCUT2D eigenvalue weighted by atomic mass is 32.2. The van der Waals surface area contributed by atoms with Crippen molar-refractivity contribution in [3.05, 3.63) is 0 Å². The molecule has 0 amide bonds. The molecule has 0 atom stereocenters. The van der Waals surface area contributed by atoms with E-state index in [1.54, 1.807) is 0 Å². The molecule has 0 aromatic rings. The molecule has 10 heavy (non-hydrogen) atoms. The zero-order chi connectivity index (χ0) is 8.04. The van der Waals surface area contributed by atoms with Crippen molar-refractivity contribution in [3.63, 3.8) is 0 Å². The van der Waals surface area contributed by atoms with Crippen LogP contribution in [0.4, 0.5) is 0 Å². The van der Waals surface area contributed by atoms with Gasteiger partial charge in [-0.15, -0.1) is 0 Å². The monoisotopic (exact) mass is 157 g/mol. The minimum absolute atomic E-state index is 0.158. The van der Waals surface area contributed by atoms with Gasteiger partial charge in [0, 0.05) is 4.75 Å². The Kier molecular flexibility index (Phi) is 4.55. The third-order valence-corrected chi connectivity index (χ3v) is 2.30. The van der Waals surface area contributed by atoms with Gasteiger partial charge in [-0.05, 0) is 32.0 Å². The average molecular weight is 157 g/mol. The SMILES string of the molecule is CCCCC(C)(C)SC#N. The van der Waals surface area contributed by atoms with Crippen molar-refractivity contribution in [2.75, 3.05) is 0 Å². The molecule has 0 bridgehead atoms. The third kappa shape index (κ3) is 4.69. The first-order chi connectivity index (χ1) is 4.62. The second-order valence-corrected chi connectivity index (χ2v) is 4.55. The van der Waals surface area contributed by atoms with Crippen molar-refractivity contribution in [3.8, 4) is 5.40 Å². The Balaban J connectivity index is 3.55. The van der Waals surface area contributed by atoms with Crippen LogP contribution < -0.4 is 0 Å². The molecule has 58 valence electrons. The Labute approximate surface area is 67.8 Å². The summed E-state index contributed by atoms with van der Waals surface area (Å²) in [5.74, 6) is 0. The Morgan fingerprint density at radius 3 is 2.50 bits per heavy atom. The van der Waals surface area contributed by atoms with Gasteiger partial charge in [-0.1, -0.05) is 19.8 Å². The maximum atomic E-state index is 8.41. The number of nitriles is 1. The number of thiocyanates is 1. The highest BCUT2D eigenvalue weighted by molar-refractivity contribution is 8.04. The van der Waals surface area contributed by atoms with Gasteiger partial charge >= 0.3 is 0 Å². The second kappa shape index (κ2) is 4.62. The molecular weight excluding hydrogens is 142 g/mol. The number of hydrogen-bond donors (Lipinski definition) is 0. The minimum atomic E-state index is 0.158. The second-order valence-electron chi connectivity index (χ2n) is 3.06. The molecule has 0 N–H and O–H groups in total. The van der Waals surface area contributed by atoms with Gasteiger partial charge in [-0.25, -0.2) is 0 Å². The Bertz CT molecular complexity index is 124. The van der Waals surface area contributed by atoms with Gasteiger partial charge in [-0.2, -0.15) is 5.26 Å². The van der Waals surface area contributed by atoms with Crippen LogP contribution in [0, 0.1) is 10.7 Å². The van der Waals surface area contributed by atoms with Gasteiger partial charge < -0.3 is 0 Å². The Morgan fingerprint density at radius 2 is 2.10 bits per heavy atom. The van der Waals surface area contributed by atoms with E-state index >= 15 is 0 Å². The summed E-state index contributed by atoms with van der Waals surface area (Å²) in [6.45, 7) is 6.42. The van der Waals surface area contributed by atoms with Crippen molar-refractivity contribution >= 4 is 11.8 Å². The summed E-state index contributed by atoms with van der Waals surface area (Å²) >= 11 is 1.38. The molecule has 0 aliphatic carbocycles. The molecular formula is C8H15NS. The highest BCUT2D eigenvalue weighted by Gasteiger charge is 2.16. The standard InChI is InChI=1S/C8H15NS/c1-4-5-6-8(2,3)10-7-9/h4-6H2,1-3H3. The van der Waals surface area contributed by atoms with Gasteiger partial charge in [-0.3, -0.25) is 0 Å². The van der Waals surface area contributed by atoms with Crippen LogP contribution in [0.5, 0.6) is 0 Å². The van der Waals surface area contributed by atoms with E-state index in [9.17, 15) is 0 Å². The first-order valence-corrected chi connectivity index (χ1v) is 4.51. The lowest BCUT2D eigenvalue weighted by Gasteiger charge is -2.18. The number of thioether (sulfide) groups is 1. The van der Waals surface area contributed by atoms with E-state index in [0.29, 0.717) is 0 Å². The zero-order valence-electron chi connectivity index (χ0n) is 6.98. The lowest BCUT2D eigenvalue weighted by molar-refractivity contribution is 0.596. The highest BCUT2D eigenvalue weighted by Crippen LogP contribution is 2.28. The predicted octanol–water partition coefficient (Wildman–Crippen LogP) is 3.17. The summed E-state index contributed by atoms with van der Waals surface area (Å²) in [5.41, 5.74) is 0. The number of hydrogen-bond acceptors (Lipinski definition) is 2. The molecule has 1 nitrogen and oxygen atoms in total. The smallest absolute Gasteiger partial charge is 0.133 e. The summed E-state index contributed by atoms with van der Waals surface area (Å²) in [5, 5.41) is 10.5. The fourth-order valence-corrected chi connectivity index (χ4v) is 1.27. The van der Waals surface area contributed by atoms with Gasteiger partial charge in [0.05, 0.1) is 0 Å². The van der Waals surface area contributed by atoms with Crippen LogP contribution in [0.15, 0.2) is 0 Å². The fraction of sp³-hybridized carbons (Fsp3) is 0.875. The zero-order valence-corrected chi connectivity index (χ0v) is 7.79. The molecule has 0 fully saturated rings. The fourth-order valence-electron chi connectivity index (χ4n) is 0.777. The molecule has 0 aromatic heterocycles. The van der Waals surface area contributed by atoms with Gasteiger partial charge in [0.2, 0.25) is 0 Å². The van der Waals surface area contributed by atoms with Gasteiger partial charge in [0.1, 0.15) is 5.40 Å². The molecule has 0 aliphatic rings. The molecule has 0 rings (SSSR count). The molecule has 0 heterocycles. The molecule has 0 aliphatic heterocycles. The van der Waals surface area contributed by atoms with Crippen molar-refractivity contribution in [1.29, 1.82) is 5.26 Å². The lowest BCUT2D eigenvalue weighted by atomic mass is 10.1. The Morgan fingerprint density at radius 1 is 1.50 bits per heavy atom. The normalized spacial score (nSPS) is 11.0. The first kappa shape index (κ1) is 9.84. The molecule has 0 aromatic carbocycles. The van der Waals surface area contributed by atoms with Gasteiger partial charge in [0.25, 0.3) is 0 Å². The van der Waals surface area contributed by atoms with Crippen LogP contribution in [0.3, 0.4) is 0 Å². The van der Waals surface area contributed by atoms with Crippen LogP contribution in [-0.2, 0) is 0 Å². The quantitative estimate of drug-likeness (QED) is 0.585. The number of unbranched alkanes of at least 4 members (excludes halogenated alkanes) is 1. The van der Waals surface area contributed by atoms with E-state index in [2.05, 4.69) is 26.2 Å². The van der Waals surface area contributed by atoms with E-state index in [1.807, 2.05) is 0 Å². The summed E-state index contributed by atoms with van der Waals surface area (Å²) in [6, 6.07) is 0. The molecule has 0 saturated carbocycles. The van der Waals surface area contributed by atoms with E-state index in [0.717, 1.165) is 6.42 Å². The van der Waals surface area contributed by atoms with E-state index < -0.39 is 0 Å². The van der Waals surface area contributed by atoms with Crippen molar-refractivity contribution in [2.45, 2.75) is 44.8 Å². The largest absolute Gasteiger partial charge is 0.185 e. The molecule has 0 saturated heterocycles. The summed E-state index contributed by atoms with van der Waals surface area (Å²) in [4.78, 5) is 0. The van der Waals surface area contributed by atoms with Crippen LogP contribution in [0.1, 0.15) is 40.0 Å². The summed E-state index contributed by atoms with van der Waals surface area (Å²) in [6.07, 6.45) is 3.58. The van der Waals surface area contributed by atoms with Crippen LogP contribution in [0.25, 0.3) is 0 Å². The van der Waals surface area contributed by atoms with E-state index in [-0.39, 0.29) is 4.75 Å². The van der Waals surface area contributed by atoms with E-state index in [1.165, 1.54) is 24.6 Å². The molecule has 0 radical (unpaired) electrons. The maximum absolute atomic E-state index is 8.41. The predicted molar refractivity (Wildman–Crippen MR) is 46.8 cm³/mol. The number of nitrogens with zero attached hydrogens (tertiary/aromatic N) is 1.